The van der Waals surface area contributed by atoms with Gasteiger partial charge in [0.2, 0.25) is 0 Å². The topological polar surface area (TPSA) is 42.9 Å². The van der Waals surface area contributed by atoms with Gasteiger partial charge in [0.15, 0.2) is 5.96 Å². The summed E-state index contributed by atoms with van der Waals surface area (Å²) in [7, 11) is 8.11. The van der Waals surface area contributed by atoms with Crippen molar-refractivity contribution in [2.75, 3.05) is 47.8 Å². The molecule has 1 aliphatic rings. The molecule has 0 amide bonds. The fraction of sp³-hybridized carbons (Fsp3) is 0.522. The lowest BCUT2D eigenvalue weighted by atomic mass is 9.88. The van der Waals surface area contributed by atoms with Crippen LogP contribution in [0, 0.1) is 11.7 Å². The third-order valence-electron chi connectivity index (χ3n) is 5.94. The van der Waals surface area contributed by atoms with E-state index in [9.17, 15) is 4.39 Å². The second-order valence-electron chi connectivity index (χ2n) is 8.21. The van der Waals surface area contributed by atoms with Crippen LogP contribution in [-0.4, -0.2) is 63.6 Å². The number of likely N-dealkylation sites (tertiary alicyclic amines) is 1. The summed E-state index contributed by atoms with van der Waals surface area (Å²) in [5.41, 5.74) is 1.08. The van der Waals surface area contributed by atoms with Crippen molar-refractivity contribution in [1.82, 2.24) is 20.4 Å². The number of rotatable bonds is 7. The molecule has 2 N–H and O–H groups in total. The largest absolute Gasteiger partial charge is 0.356 e. The molecule has 2 aromatic rings. The molecule has 3 rings (SSSR count). The van der Waals surface area contributed by atoms with E-state index in [0.29, 0.717) is 18.5 Å². The van der Waals surface area contributed by atoms with E-state index in [2.05, 4.69) is 50.0 Å². The maximum Gasteiger partial charge on any atom is 0.191 e. The van der Waals surface area contributed by atoms with Gasteiger partial charge in [0.1, 0.15) is 5.82 Å². The van der Waals surface area contributed by atoms with Crippen LogP contribution < -0.4 is 10.6 Å². The molecule has 2 heterocycles. The Bertz CT molecular complexity index is 790. The number of hydrogen-bond donors (Lipinski definition) is 2. The van der Waals surface area contributed by atoms with Gasteiger partial charge in [-0.2, -0.15) is 0 Å². The molecule has 164 valence electrons. The summed E-state index contributed by atoms with van der Waals surface area (Å²) in [6, 6.07) is 11.7. The number of halogens is 1. The van der Waals surface area contributed by atoms with E-state index < -0.39 is 0 Å². The second-order valence-corrected chi connectivity index (χ2v) is 9.19. The number of thiophene rings is 1. The summed E-state index contributed by atoms with van der Waals surface area (Å²) in [5, 5.41) is 9.17. The van der Waals surface area contributed by atoms with Crippen molar-refractivity contribution in [2.45, 2.75) is 24.9 Å². The van der Waals surface area contributed by atoms with Crippen molar-refractivity contribution in [1.29, 1.82) is 0 Å². The minimum atomic E-state index is -0.209. The Labute approximate surface area is 184 Å². The molecular weight excluding hydrogens is 397 g/mol. The minimum Gasteiger partial charge on any atom is -0.356 e. The van der Waals surface area contributed by atoms with Crippen molar-refractivity contribution in [3.63, 3.8) is 0 Å². The first kappa shape index (κ1) is 22.7. The zero-order valence-corrected chi connectivity index (χ0v) is 19.3. The highest BCUT2D eigenvalue weighted by Crippen LogP contribution is 2.36. The summed E-state index contributed by atoms with van der Waals surface area (Å²) < 4.78 is 13.3. The fourth-order valence-electron chi connectivity index (χ4n) is 4.31. The quantitative estimate of drug-likeness (QED) is 0.518. The van der Waals surface area contributed by atoms with Crippen LogP contribution in [0.1, 0.15) is 35.4 Å². The van der Waals surface area contributed by atoms with E-state index in [4.69, 9.17) is 0 Å². The van der Waals surface area contributed by atoms with Crippen LogP contribution in [0.15, 0.2) is 46.8 Å². The number of nitrogens with one attached hydrogen (secondary N) is 2. The van der Waals surface area contributed by atoms with Crippen LogP contribution in [0.3, 0.4) is 0 Å². The van der Waals surface area contributed by atoms with E-state index in [0.717, 1.165) is 24.6 Å². The molecule has 3 atom stereocenters. The third kappa shape index (κ3) is 5.80. The second kappa shape index (κ2) is 10.9. The number of piperidine rings is 1. The SMILES string of the molecule is CN=C(NCC1CCCN(C)C1c1cccs1)NCC(c1ccc(F)cc1)N(C)C. The molecule has 0 aliphatic carbocycles. The maximum atomic E-state index is 13.3. The number of likely N-dealkylation sites (N-methyl/N-ethyl adjacent to an activating group) is 1. The first-order chi connectivity index (χ1) is 14.5. The van der Waals surface area contributed by atoms with E-state index in [1.54, 1.807) is 0 Å². The van der Waals surface area contributed by atoms with Gasteiger partial charge >= 0.3 is 0 Å². The molecule has 0 saturated carbocycles. The minimum absolute atomic E-state index is 0.129. The average Bonchev–Trinajstić information content (AvgIpc) is 3.25. The van der Waals surface area contributed by atoms with Crippen LogP contribution in [0.2, 0.25) is 0 Å². The smallest absolute Gasteiger partial charge is 0.191 e. The van der Waals surface area contributed by atoms with Gasteiger partial charge in [0, 0.05) is 31.1 Å². The molecule has 0 spiro atoms. The standard InChI is InChI=1S/C23H34FN5S/c1-25-23(27-16-20(28(2)3)17-9-11-19(24)12-10-17)26-15-18-7-5-13-29(4)22(18)21-8-6-14-30-21/h6,8-12,14,18,20,22H,5,7,13,15-16H2,1-4H3,(H2,25,26,27). The lowest BCUT2D eigenvalue weighted by Crippen LogP contribution is -2.46. The Kier molecular flexibility index (Phi) is 8.24. The van der Waals surface area contributed by atoms with Crippen molar-refractivity contribution >= 4 is 17.3 Å². The molecule has 1 fully saturated rings. The number of nitrogens with zero attached hydrogens (tertiary/aromatic N) is 3. The zero-order valence-electron chi connectivity index (χ0n) is 18.4. The average molecular weight is 432 g/mol. The van der Waals surface area contributed by atoms with Crippen molar-refractivity contribution in [3.05, 3.63) is 58.0 Å². The van der Waals surface area contributed by atoms with E-state index in [-0.39, 0.29) is 11.9 Å². The highest BCUT2D eigenvalue weighted by molar-refractivity contribution is 7.10. The third-order valence-corrected chi connectivity index (χ3v) is 6.88. The van der Waals surface area contributed by atoms with Gasteiger partial charge in [0.05, 0.1) is 6.04 Å². The highest BCUT2D eigenvalue weighted by atomic mass is 32.1. The Morgan fingerprint density at radius 2 is 2.03 bits per heavy atom. The summed E-state index contributed by atoms with van der Waals surface area (Å²) in [6.45, 7) is 2.72. The van der Waals surface area contributed by atoms with Gasteiger partial charge in [0.25, 0.3) is 0 Å². The Balaban J connectivity index is 1.59. The van der Waals surface area contributed by atoms with Gasteiger partial charge in [-0.3, -0.25) is 9.89 Å². The van der Waals surface area contributed by atoms with Gasteiger partial charge in [-0.25, -0.2) is 4.39 Å². The summed E-state index contributed by atoms with van der Waals surface area (Å²) >= 11 is 1.85. The van der Waals surface area contributed by atoms with Crippen LogP contribution in [-0.2, 0) is 0 Å². The number of guanidine groups is 1. The van der Waals surface area contributed by atoms with Gasteiger partial charge in [-0.05, 0) is 75.6 Å². The molecular formula is C23H34FN5S. The summed E-state index contributed by atoms with van der Waals surface area (Å²) in [5.74, 6) is 1.14. The predicted octanol–water partition coefficient (Wildman–Crippen LogP) is 3.74. The molecule has 3 unspecified atom stereocenters. The van der Waals surface area contributed by atoms with Crippen LogP contribution in [0.4, 0.5) is 4.39 Å². The fourth-order valence-corrected chi connectivity index (χ4v) is 5.29. The van der Waals surface area contributed by atoms with Gasteiger partial charge in [-0.15, -0.1) is 11.3 Å². The molecule has 5 nitrogen and oxygen atoms in total. The van der Waals surface area contributed by atoms with E-state index in [1.165, 1.54) is 29.9 Å². The summed E-state index contributed by atoms with van der Waals surface area (Å²) in [4.78, 5) is 10.5. The molecule has 1 aromatic carbocycles. The molecule has 7 heteroatoms. The highest BCUT2D eigenvalue weighted by Gasteiger charge is 2.31. The van der Waals surface area contributed by atoms with Crippen molar-refractivity contribution in [2.24, 2.45) is 10.9 Å². The first-order valence-electron chi connectivity index (χ1n) is 10.6. The Hall–Kier alpha value is -1.96. The van der Waals surface area contributed by atoms with Crippen molar-refractivity contribution < 1.29 is 4.39 Å². The Morgan fingerprint density at radius 1 is 1.27 bits per heavy atom. The molecule has 1 saturated heterocycles. The zero-order chi connectivity index (χ0) is 21.5. The molecule has 0 bridgehead atoms. The number of aliphatic imine (C=N–C) groups is 1. The first-order valence-corrected chi connectivity index (χ1v) is 11.5. The normalized spacial score (nSPS) is 21.6. The predicted molar refractivity (Wildman–Crippen MR) is 125 cm³/mol. The lowest BCUT2D eigenvalue weighted by molar-refractivity contribution is 0.125. The van der Waals surface area contributed by atoms with Gasteiger partial charge in [-0.1, -0.05) is 18.2 Å². The molecule has 1 aromatic heterocycles. The van der Waals surface area contributed by atoms with Gasteiger partial charge < -0.3 is 15.5 Å². The number of hydrogen-bond acceptors (Lipinski definition) is 4. The van der Waals surface area contributed by atoms with E-state index in [1.807, 2.05) is 44.6 Å². The molecule has 1 aliphatic heterocycles. The molecule has 0 radical (unpaired) electrons. The van der Waals surface area contributed by atoms with Crippen LogP contribution in [0.25, 0.3) is 0 Å². The maximum absolute atomic E-state index is 13.3. The Morgan fingerprint density at radius 3 is 2.67 bits per heavy atom. The van der Waals surface area contributed by atoms with E-state index >= 15 is 0 Å². The molecule has 30 heavy (non-hydrogen) atoms. The van der Waals surface area contributed by atoms with Crippen LogP contribution in [0.5, 0.6) is 0 Å². The number of benzene rings is 1. The monoisotopic (exact) mass is 431 g/mol. The lowest BCUT2D eigenvalue weighted by Gasteiger charge is -2.39. The van der Waals surface area contributed by atoms with Crippen molar-refractivity contribution in [3.8, 4) is 0 Å². The van der Waals surface area contributed by atoms with Crippen LogP contribution >= 0.6 is 11.3 Å². The summed E-state index contributed by atoms with van der Waals surface area (Å²) in [6.07, 6.45) is 2.44.